The Hall–Kier alpha value is -0.660. The van der Waals surface area contributed by atoms with Crippen LogP contribution in [0.15, 0.2) is 22.7 Å². The molecule has 0 spiro atoms. The molecule has 8 heteroatoms. The maximum atomic E-state index is 12.9. The normalized spacial score (nSPS) is 20.5. The van der Waals surface area contributed by atoms with Gasteiger partial charge in [0.25, 0.3) is 0 Å². The second-order valence-corrected chi connectivity index (χ2v) is 7.66. The molecule has 98 valence electrons. The lowest BCUT2D eigenvalue weighted by Gasteiger charge is -2.17. The highest BCUT2D eigenvalue weighted by atomic mass is 79.9. The molecule has 0 radical (unpaired) electrons. The van der Waals surface area contributed by atoms with Gasteiger partial charge in [-0.25, -0.2) is 12.8 Å². The van der Waals surface area contributed by atoms with Gasteiger partial charge in [-0.1, -0.05) is 0 Å². The van der Waals surface area contributed by atoms with Gasteiger partial charge in [-0.3, -0.25) is 4.79 Å². The van der Waals surface area contributed by atoms with Crippen molar-refractivity contribution < 1.29 is 17.6 Å². The van der Waals surface area contributed by atoms with Gasteiger partial charge >= 0.3 is 0 Å². The molecule has 1 heterocycles. The summed E-state index contributed by atoms with van der Waals surface area (Å²) in [6, 6.07) is 3.83. The summed E-state index contributed by atoms with van der Waals surface area (Å²) in [5.41, 5.74) is 0.434. The molecule has 2 rings (SSSR count). The molecule has 0 saturated carbocycles. The van der Waals surface area contributed by atoms with Crippen molar-refractivity contribution in [2.24, 2.45) is 0 Å². The van der Waals surface area contributed by atoms with Crippen LogP contribution in [0.4, 0.5) is 10.1 Å². The van der Waals surface area contributed by atoms with Crippen molar-refractivity contribution in [2.75, 3.05) is 11.4 Å². The third kappa shape index (κ3) is 2.67. The minimum absolute atomic E-state index is 0.0189. The summed E-state index contributed by atoms with van der Waals surface area (Å²) in [4.78, 5) is 13.0. The Balaban J connectivity index is 2.33. The van der Waals surface area contributed by atoms with Crippen LogP contribution in [0, 0.1) is 5.82 Å². The average molecular weight is 357 g/mol. The molecule has 0 N–H and O–H groups in total. The Morgan fingerprint density at radius 3 is 2.61 bits per heavy atom. The van der Waals surface area contributed by atoms with Gasteiger partial charge in [-0.2, -0.15) is 0 Å². The van der Waals surface area contributed by atoms with Crippen LogP contribution < -0.4 is 4.90 Å². The Kier molecular flexibility index (Phi) is 3.66. The predicted octanol–water partition coefficient (Wildman–Crippen LogP) is 2.26. The van der Waals surface area contributed by atoms with Gasteiger partial charge in [0.2, 0.25) is 15.0 Å². The van der Waals surface area contributed by atoms with Gasteiger partial charge in [-0.15, -0.1) is 0 Å². The highest BCUT2D eigenvalue weighted by Gasteiger charge is 2.38. The van der Waals surface area contributed by atoms with Gasteiger partial charge in [0.15, 0.2) is 0 Å². The van der Waals surface area contributed by atoms with Crippen molar-refractivity contribution in [1.29, 1.82) is 0 Å². The lowest BCUT2D eigenvalue weighted by Crippen LogP contribution is -2.27. The van der Waals surface area contributed by atoms with E-state index in [0.29, 0.717) is 10.2 Å². The number of carbonyl (C=O) groups is 1. The molecule has 1 amide bonds. The van der Waals surface area contributed by atoms with Gasteiger partial charge < -0.3 is 4.90 Å². The van der Waals surface area contributed by atoms with Crippen molar-refractivity contribution >= 4 is 47.3 Å². The zero-order valence-corrected chi connectivity index (χ0v) is 12.1. The molecular formula is C10H8BrClFNO3S. The summed E-state index contributed by atoms with van der Waals surface area (Å²) in [6.45, 7) is -0.0189. The maximum Gasteiger partial charge on any atom is 0.237 e. The smallest absolute Gasteiger partial charge is 0.237 e. The highest BCUT2D eigenvalue weighted by Crippen LogP contribution is 2.32. The van der Waals surface area contributed by atoms with Crippen LogP contribution in [-0.4, -0.2) is 26.1 Å². The number of hydrogen-bond acceptors (Lipinski definition) is 3. The monoisotopic (exact) mass is 355 g/mol. The van der Waals surface area contributed by atoms with Gasteiger partial charge in [0, 0.05) is 28.1 Å². The van der Waals surface area contributed by atoms with Gasteiger partial charge in [-0.05, 0) is 34.1 Å². The number of amides is 1. The van der Waals surface area contributed by atoms with Crippen molar-refractivity contribution in [3.63, 3.8) is 0 Å². The van der Waals surface area contributed by atoms with E-state index in [4.69, 9.17) is 10.7 Å². The molecule has 1 aromatic rings. The van der Waals surface area contributed by atoms with Crippen LogP contribution in [0.5, 0.6) is 0 Å². The van der Waals surface area contributed by atoms with Crippen LogP contribution in [0.1, 0.15) is 6.42 Å². The van der Waals surface area contributed by atoms with Crippen LogP contribution in [0.25, 0.3) is 0 Å². The van der Waals surface area contributed by atoms with Crippen LogP contribution in [0.2, 0.25) is 0 Å². The SMILES string of the molecule is O=C1CC(S(=O)(=O)Cl)CN1c1ccc(F)cc1Br. The van der Waals surface area contributed by atoms with Crippen LogP contribution >= 0.6 is 26.6 Å². The Bertz CT molecular complexity index is 607. The van der Waals surface area contributed by atoms with Crippen molar-refractivity contribution in [1.82, 2.24) is 0 Å². The average Bonchev–Trinajstić information content (AvgIpc) is 2.60. The number of benzene rings is 1. The number of hydrogen-bond donors (Lipinski definition) is 0. The van der Waals surface area contributed by atoms with E-state index >= 15 is 0 Å². The largest absolute Gasteiger partial charge is 0.310 e. The molecule has 18 heavy (non-hydrogen) atoms. The predicted molar refractivity (Wildman–Crippen MR) is 69.6 cm³/mol. The molecule has 0 bridgehead atoms. The summed E-state index contributed by atoms with van der Waals surface area (Å²) in [5.74, 6) is -0.796. The van der Waals surface area contributed by atoms with E-state index in [9.17, 15) is 17.6 Å². The summed E-state index contributed by atoms with van der Waals surface area (Å²) < 4.78 is 35.8. The van der Waals surface area contributed by atoms with Crippen molar-refractivity contribution in [3.05, 3.63) is 28.5 Å². The molecule has 1 aliphatic heterocycles. The van der Waals surface area contributed by atoms with Gasteiger partial charge in [0.05, 0.1) is 5.69 Å². The van der Waals surface area contributed by atoms with Gasteiger partial charge in [0.1, 0.15) is 11.1 Å². The van der Waals surface area contributed by atoms with Crippen molar-refractivity contribution in [3.8, 4) is 0 Å². The zero-order valence-electron chi connectivity index (χ0n) is 8.94. The Morgan fingerprint density at radius 2 is 2.11 bits per heavy atom. The first-order chi connectivity index (χ1) is 8.29. The number of halogens is 3. The number of nitrogens with zero attached hydrogens (tertiary/aromatic N) is 1. The van der Waals surface area contributed by atoms with E-state index in [2.05, 4.69) is 15.9 Å². The van der Waals surface area contributed by atoms with Crippen LogP contribution in [-0.2, 0) is 13.8 Å². The molecule has 1 atom stereocenters. The molecule has 0 aromatic heterocycles. The second-order valence-electron chi connectivity index (χ2n) is 3.90. The van der Waals surface area contributed by atoms with E-state index < -0.39 is 20.1 Å². The summed E-state index contributed by atoms with van der Waals surface area (Å²) >= 11 is 3.14. The minimum atomic E-state index is -3.78. The Morgan fingerprint density at radius 1 is 1.44 bits per heavy atom. The quantitative estimate of drug-likeness (QED) is 0.764. The first kappa shape index (κ1) is 13.8. The second kappa shape index (κ2) is 4.79. The van der Waals surface area contributed by atoms with Crippen molar-refractivity contribution in [2.45, 2.75) is 11.7 Å². The highest BCUT2D eigenvalue weighted by molar-refractivity contribution is 9.10. The third-order valence-electron chi connectivity index (χ3n) is 2.69. The lowest BCUT2D eigenvalue weighted by atomic mass is 10.3. The molecule has 4 nitrogen and oxygen atoms in total. The first-order valence-electron chi connectivity index (χ1n) is 4.98. The summed E-state index contributed by atoms with van der Waals surface area (Å²) in [6.07, 6.45) is -0.157. The molecule has 1 aliphatic rings. The third-order valence-corrected chi connectivity index (χ3v) is 5.19. The molecule has 1 aromatic carbocycles. The standard InChI is InChI=1S/C10H8BrClFNO3S/c11-8-3-6(13)1-2-9(8)14-5-7(4-10(14)15)18(12,16)17/h1-3,7H,4-5H2. The molecular weight excluding hydrogens is 349 g/mol. The van der Waals surface area contributed by atoms with E-state index in [1.165, 1.54) is 23.1 Å². The number of anilines is 1. The first-order valence-corrected chi connectivity index (χ1v) is 8.14. The number of carbonyl (C=O) groups excluding carboxylic acids is 1. The Labute approximate surface area is 116 Å². The topological polar surface area (TPSA) is 54.5 Å². The van der Waals surface area contributed by atoms with E-state index in [1.54, 1.807) is 0 Å². The molecule has 1 fully saturated rings. The van der Waals surface area contributed by atoms with E-state index in [0.717, 1.165) is 0 Å². The maximum absolute atomic E-state index is 12.9. The zero-order chi connectivity index (χ0) is 13.5. The fourth-order valence-corrected chi connectivity index (χ4v) is 3.39. The van der Waals surface area contributed by atoms with E-state index in [-0.39, 0.29) is 18.9 Å². The molecule has 0 aliphatic carbocycles. The minimum Gasteiger partial charge on any atom is -0.310 e. The molecule has 1 unspecified atom stereocenters. The summed E-state index contributed by atoms with van der Waals surface area (Å²) in [7, 11) is 1.47. The van der Waals surface area contributed by atoms with E-state index in [1.807, 2.05) is 0 Å². The molecule has 1 saturated heterocycles. The fourth-order valence-electron chi connectivity index (χ4n) is 1.80. The lowest BCUT2D eigenvalue weighted by molar-refractivity contribution is -0.117. The summed E-state index contributed by atoms with van der Waals surface area (Å²) in [5, 5.41) is -0.927. The van der Waals surface area contributed by atoms with Crippen LogP contribution in [0.3, 0.4) is 0 Å². The fraction of sp³-hybridized carbons (Fsp3) is 0.300. The number of rotatable bonds is 2.